The number of amides is 2. The van der Waals surface area contributed by atoms with E-state index in [-0.39, 0.29) is 18.4 Å². The molecule has 1 aromatic heterocycles. The van der Waals surface area contributed by atoms with Crippen molar-refractivity contribution >= 4 is 23.4 Å². The van der Waals surface area contributed by atoms with Crippen molar-refractivity contribution in [2.75, 3.05) is 19.7 Å². The summed E-state index contributed by atoms with van der Waals surface area (Å²) < 4.78 is 5.50. The second kappa shape index (κ2) is 7.31. The van der Waals surface area contributed by atoms with Gasteiger partial charge in [-0.1, -0.05) is 11.6 Å². The maximum atomic E-state index is 12.2. The third-order valence-electron chi connectivity index (χ3n) is 3.70. The lowest BCUT2D eigenvalue weighted by atomic mass is 10.2. The molecule has 6 nitrogen and oxygen atoms in total. The monoisotopic (exact) mass is 345 g/mol. The van der Waals surface area contributed by atoms with Gasteiger partial charge in [-0.2, -0.15) is 0 Å². The van der Waals surface area contributed by atoms with E-state index in [0.29, 0.717) is 36.0 Å². The first kappa shape index (κ1) is 16.3. The third kappa shape index (κ3) is 3.83. The topological polar surface area (TPSA) is 71.5 Å². The fourth-order valence-electron chi connectivity index (χ4n) is 2.45. The number of benzene rings is 1. The van der Waals surface area contributed by atoms with Gasteiger partial charge in [-0.25, -0.2) is 0 Å². The minimum absolute atomic E-state index is 0.0209. The second-order valence-corrected chi connectivity index (χ2v) is 5.78. The number of aromatic nitrogens is 1. The molecule has 0 aliphatic carbocycles. The molecule has 0 spiro atoms. The first-order valence-electron chi connectivity index (χ1n) is 7.51. The molecule has 0 fully saturated rings. The van der Waals surface area contributed by atoms with Gasteiger partial charge in [0, 0.05) is 48.2 Å². The summed E-state index contributed by atoms with van der Waals surface area (Å²) in [6, 6.07) is 8.56. The maximum Gasteiger partial charge on any atom is 0.260 e. The van der Waals surface area contributed by atoms with Crippen LogP contribution in [0.5, 0.6) is 5.75 Å². The number of fused-ring (bicyclic) bond motifs is 1. The lowest BCUT2D eigenvalue weighted by Crippen LogP contribution is -2.39. The van der Waals surface area contributed by atoms with Gasteiger partial charge >= 0.3 is 0 Å². The van der Waals surface area contributed by atoms with E-state index >= 15 is 0 Å². The number of hydrogen-bond acceptors (Lipinski definition) is 4. The predicted molar refractivity (Wildman–Crippen MR) is 88.9 cm³/mol. The largest absolute Gasteiger partial charge is 0.483 e. The second-order valence-electron chi connectivity index (χ2n) is 5.35. The Morgan fingerprint density at radius 3 is 2.88 bits per heavy atom. The van der Waals surface area contributed by atoms with E-state index in [1.807, 2.05) is 0 Å². The van der Waals surface area contributed by atoms with Crippen molar-refractivity contribution in [3.05, 3.63) is 58.9 Å². The summed E-state index contributed by atoms with van der Waals surface area (Å²) in [5, 5.41) is 3.39. The van der Waals surface area contributed by atoms with Crippen molar-refractivity contribution in [2.45, 2.75) is 6.54 Å². The van der Waals surface area contributed by atoms with E-state index in [1.165, 1.54) is 0 Å². The van der Waals surface area contributed by atoms with Crippen LogP contribution < -0.4 is 10.1 Å². The number of nitrogens with zero attached hydrogens (tertiary/aromatic N) is 2. The fraction of sp³-hybridized carbons (Fsp3) is 0.235. The Bertz CT molecular complexity index is 752. The minimum atomic E-state index is -0.195. The summed E-state index contributed by atoms with van der Waals surface area (Å²) in [5.74, 6) is 0.343. The number of rotatable bonds is 4. The number of nitrogens with one attached hydrogen (secondary N) is 1. The van der Waals surface area contributed by atoms with Crippen molar-refractivity contribution in [1.82, 2.24) is 15.2 Å². The lowest BCUT2D eigenvalue weighted by Gasteiger charge is -2.20. The van der Waals surface area contributed by atoms with E-state index in [0.717, 1.165) is 5.56 Å². The Balaban J connectivity index is 1.60. The van der Waals surface area contributed by atoms with Gasteiger partial charge in [0.15, 0.2) is 6.61 Å². The molecular weight excluding hydrogens is 330 g/mol. The Hall–Kier alpha value is -2.60. The quantitative estimate of drug-likeness (QED) is 0.918. The summed E-state index contributed by atoms with van der Waals surface area (Å²) in [7, 11) is 0. The number of halogens is 1. The van der Waals surface area contributed by atoms with Crippen molar-refractivity contribution in [1.29, 1.82) is 0 Å². The molecule has 2 aromatic rings. The highest BCUT2D eigenvalue weighted by Gasteiger charge is 2.21. The van der Waals surface area contributed by atoms with Gasteiger partial charge in [-0.3, -0.25) is 14.6 Å². The van der Waals surface area contributed by atoms with Crippen LogP contribution in [-0.2, 0) is 11.3 Å². The van der Waals surface area contributed by atoms with Gasteiger partial charge < -0.3 is 15.0 Å². The van der Waals surface area contributed by atoms with E-state index in [9.17, 15) is 9.59 Å². The van der Waals surface area contributed by atoms with Gasteiger partial charge in [-0.15, -0.1) is 0 Å². The first-order chi connectivity index (χ1) is 11.6. The van der Waals surface area contributed by atoms with Crippen LogP contribution in [0, 0.1) is 0 Å². The van der Waals surface area contributed by atoms with E-state index in [4.69, 9.17) is 16.3 Å². The van der Waals surface area contributed by atoms with Gasteiger partial charge in [0.25, 0.3) is 11.8 Å². The molecular formula is C17H16ClN3O3. The molecule has 0 unspecified atom stereocenters. The van der Waals surface area contributed by atoms with Gasteiger partial charge in [0.05, 0.1) is 0 Å². The van der Waals surface area contributed by atoms with Crippen LogP contribution >= 0.6 is 11.6 Å². The molecule has 0 atom stereocenters. The van der Waals surface area contributed by atoms with E-state index in [2.05, 4.69) is 10.3 Å². The summed E-state index contributed by atoms with van der Waals surface area (Å²) in [5.41, 5.74) is 1.39. The summed E-state index contributed by atoms with van der Waals surface area (Å²) in [6.45, 7) is 1.13. The Labute approximate surface area is 144 Å². The molecule has 2 heterocycles. The highest BCUT2D eigenvalue weighted by Crippen LogP contribution is 2.26. The van der Waals surface area contributed by atoms with Crippen LogP contribution in [0.25, 0.3) is 0 Å². The van der Waals surface area contributed by atoms with Gasteiger partial charge in [-0.05, 0) is 30.3 Å². The molecule has 24 heavy (non-hydrogen) atoms. The number of ether oxygens (including phenoxy) is 1. The molecule has 1 aromatic carbocycles. The Kier molecular flexibility index (Phi) is 4.96. The molecule has 0 saturated heterocycles. The summed E-state index contributed by atoms with van der Waals surface area (Å²) >= 11 is 6.01. The first-order valence-corrected chi connectivity index (χ1v) is 7.88. The van der Waals surface area contributed by atoms with Crippen LogP contribution in [0.1, 0.15) is 15.9 Å². The number of pyridine rings is 1. The van der Waals surface area contributed by atoms with Crippen LogP contribution in [0.4, 0.5) is 0 Å². The molecule has 1 aliphatic heterocycles. The maximum absolute atomic E-state index is 12.2. The van der Waals surface area contributed by atoms with E-state index < -0.39 is 0 Å². The van der Waals surface area contributed by atoms with Crippen molar-refractivity contribution in [3.8, 4) is 5.75 Å². The number of carbonyl (C=O) groups excluding carboxylic acids is 2. The molecule has 0 bridgehead atoms. The average Bonchev–Trinajstić information content (AvgIpc) is 2.75. The zero-order chi connectivity index (χ0) is 16.9. The van der Waals surface area contributed by atoms with Crippen LogP contribution in [0.3, 0.4) is 0 Å². The van der Waals surface area contributed by atoms with Crippen LogP contribution in [0.2, 0.25) is 5.02 Å². The standard InChI is InChI=1S/C17H16ClN3O3/c18-14-1-2-15-13(9-14)10-21(16(22)11-24-15)8-7-20-17(23)12-3-5-19-6-4-12/h1-6,9H,7-8,10-11H2,(H,20,23). The fourth-order valence-corrected chi connectivity index (χ4v) is 2.65. The SMILES string of the molecule is O=C(NCCN1Cc2cc(Cl)ccc2OCC1=O)c1ccncc1. The molecule has 7 heteroatoms. The Morgan fingerprint density at radius 2 is 2.08 bits per heavy atom. The highest BCUT2D eigenvalue weighted by molar-refractivity contribution is 6.30. The minimum Gasteiger partial charge on any atom is -0.483 e. The Morgan fingerprint density at radius 1 is 1.29 bits per heavy atom. The lowest BCUT2D eigenvalue weighted by molar-refractivity contribution is -0.133. The van der Waals surface area contributed by atoms with Crippen molar-refractivity contribution in [3.63, 3.8) is 0 Å². The van der Waals surface area contributed by atoms with Gasteiger partial charge in [0.1, 0.15) is 5.75 Å². The van der Waals surface area contributed by atoms with E-state index in [1.54, 1.807) is 47.6 Å². The smallest absolute Gasteiger partial charge is 0.260 e. The molecule has 1 N–H and O–H groups in total. The molecule has 124 valence electrons. The molecule has 2 amide bonds. The molecule has 0 radical (unpaired) electrons. The molecule has 1 aliphatic rings. The molecule has 0 saturated carbocycles. The van der Waals surface area contributed by atoms with Crippen LogP contribution in [-0.4, -0.2) is 41.4 Å². The number of hydrogen-bond donors (Lipinski definition) is 1. The summed E-state index contributed by atoms with van der Waals surface area (Å²) in [6.07, 6.45) is 3.12. The van der Waals surface area contributed by atoms with Crippen molar-refractivity contribution < 1.29 is 14.3 Å². The number of carbonyl (C=O) groups is 2. The normalized spacial score (nSPS) is 13.7. The van der Waals surface area contributed by atoms with Crippen molar-refractivity contribution in [2.24, 2.45) is 0 Å². The van der Waals surface area contributed by atoms with Gasteiger partial charge in [0.2, 0.25) is 0 Å². The highest BCUT2D eigenvalue weighted by atomic mass is 35.5. The third-order valence-corrected chi connectivity index (χ3v) is 3.93. The summed E-state index contributed by atoms with van der Waals surface area (Å²) in [4.78, 5) is 29.7. The van der Waals surface area contributed by atoms with Crippen LogP contribution in [0.15, 0.2) is 42.7 Å². The average molecular weight is 346 g/mol. The predicted octanol–water partition coefficient (Wildman–Crippen LogP) is 1.89. The zero-order valence-corrected chi connectivity index (χ0v) is 13.6. The molecule has 3 rings (SSSR count). The zero-order valence-electron chi connectivity index (χ0n) is 12.9.